The van der Waals surface area contributed by atoms with E-state index in [9.17, 15) is 9.90 Å². The zero-order valence-corrected chi connectivity index (χ0v) is 12.9. The van der Waals surface area contributed by atoms with Gasteiger partial charge in [0.1, 0.15) is 11.3 Å². The lowest BCUT2D eigenvalue weighted by Gasteiger charge is -2.20. The molecule has 21 heavy (non-hydrogen) atoms. The van der Waals surface area contributed by atoms with Gasteiger partial charge in [-0.15, -0.1) is 0 Å². The third-order valence-corrected chi connectivity index (χ3v) is 3.80. The summed E-state index contributed by atoms with van der Waals surface area (Å²) in [5.74, 6) is 0.901. The predicted molar refractivity (Wildman–Crippen MR) is 85.3 cm³/mol. The van der Waals surface area contributed by atoms with Gasteiger partial charge in [-0.1, -0.05) is 53.0 Å². The van der Waals surface area contributed by atoms with Crippen LogP contribution in [0.15, 0.2) is 18.2 Å². The summed E-state index contributed by atoms with van der Waals surface area (Å²) in [6.45, 7) is 0. The van der Waals surface area contributed by atoms with Gasteiger partial charge >= 0.3 is 5.97 Å². The van der Waals surface area contributed by atoms with Crippen LogP contribution in [0.1, 0.15) is 60.9 Å². The first-order chi connectivity index (χ1) is 9.22. The van der Waals surface area contributed by atoms with E-state index in [1.165, 1.54) is 45.1 Å². The fourth-order valence-electron chi connectivity index (χ4n) is 2.72. The highest BCUT2D eigenvalue weighted by Gasteiger charge is 2.18. The van der Waals surface area contributed by atoms with Gasteiger partial charge in [0.15, 0.2) is 0 Å². The molecule has 5 radical (unpaired) electrons. The van der Waals surface area contributed by atoms with Crippen molar-refractivity contribution in [2.75, 3.05) is 7.11 Å². The lowest BCUT2D eigenvalue weighted by molar-refractivity contribution is 0.0693. The first-order valence-electron chi connectivity index (χ1n) is 6.99. The number of carboxylic acid groups (broad SMARTS) is 1. The van der Waals surface area contributed by atoms with Gasteiger partial charge in [0.05, 0.1) is 7.11 Å². The molecule has 3 nitrogen and oxygen atoms in total. The summed E-state index contributed by atoms with van der Waals surface area (Å²) in [4.78, 5) is 11.2. The van der Waals surface area contributed by atoms with Crippen molar-refractivity contribution in [2.45, 2.75) is 44.9 Å². The number of carboxylic acids is 1. The molecule has 2 rings (SSSR count). The summed E-state index contributed by atoms with van der Waals surface area (Å²) in [6.07, 6.45) is 8.50. The van der Waals surface area contributed by atoms with Gasteiger partial charge in [-0.2, -0.15) is 0 Å². The highest BCUT2D eigenvalue weighted by Crippen LogP contribution is 2.32. The van der Waals surface area contributed by atoms with Crippen molar-refractivity contribution in [1.82, 2.24) is 0 Å². The van der Waals surface area contributed by atoms with Crippen molar-refractivity contribution in [3.05, 3.63) is 50.1 Å². The van der Waals surface area contributed by atoms with Crippen molar-refractivity contribution in [1.29, 1.82) is 0 Å². The van der Waals surface area contributed by atoms with E-state index in [-0.39, 0.29) is 20.4 Å². The van der Waals surface area contributed by atoms with Gasteiger partial charge < -0.3 is 9.84 Å². The number of rotatable bonds is 3. The second-order valence-electron chi connectivity index (χ2n) is 5.09. The molecular formula is C18H25O3. The van der Waals surface area contributed by atoms with Crippen molar-refractivity contribution < 1.29 is 14.6 Å². The second kappa shape index (κ2) is 9.43. The largest absolute Gasteiger partial charge is 0.496 e. The van der Waals surface area contributed by atoms with E-state index in [1.54, 1.807) is 12.1 Å². The maximum Gasteiger partial charge on any atom is 0.339 e. The molecule has 0 unspecified atom stereocenters. The van der Waals surface area contributed by atoms with Gasteiger partial charge in [-0.3, -0.25) is 0 Å². The standard InChI is InChI=1S/C16H21O3.2CH2/c1-19-15-10-9-13(11-14(15)16(17)18)12-7-5-3-2-4-6-8-12;;/h9-11H,2-8H2,1H3,(H,17,18);2*1H2. The number of carbonyl (C=O) groups is 1. The molecule has 0 saturated heterocycles. The number of methoxy groups -OCH3 is 1. The van der Waals surface area contributed by atoms with Crippen LogP contribution in [0.2, 0.25) is 0 Å². The maximum absolute atomic E-state index is 11.2. The minimum Gasteiger partial charge on any atom is -0.496 e. The van der Waals surface area contributed by atoms with Crippen molar-refractivity contribution >= 4 is 5.97 Å². The minimum absolute atomic E-state index is 0. The Kier molecular flexibility index (Phi) is 8.75. The summed E-state index contributed by atoms with van der Waals surface area (Å²) < 4.78 is 5.10. The molecule has 0 aromatic heterocycles. The fourth-order valence-corrected chi connectivity index (χ4v) is 2.72. The molecule has 0 bridgehead atoms. The van der Waals surface area contributed by atoms with Gasteiger partial charge in [-0.25, -0.2) is 4.79 Å². The third-order valence-electron chi connectivity index (χ3n) is 3.80. The van der Waals surface area contributed by atoms with E-state index >= 15 is 0 Å². The number of ether oxygens (including phenoxy) is 1. The summed E-state index contributed by atoms with van der Waals surface area (Å²) in [7, 11) is 1.50. The zero-order valence-electron chi connectivity index (χ0n) is 12.9. The zero-order chi connectivity index (χ0) is 13.7. The van der Waals surface area contributed by atoms with E-state index < -0.39 is 5.97 Å². The molecule has 115 valence electrons. The van der Waals surface area contributed by atoms with E-state index in [2.05, 4.69) is 0 Å². The Morgan fingerprint density at radius 1 is 1.05 bits per heavy atom. The SMILES string of the molecule is COc1ccc([C]2CCCCCCC2)cc1C(=O)O.[CH2].[CH2]. The first-order valence-corrected chi connectivity index (χ1v) is 6.99. The number of hydrogen-bond acceptors (Lipinski definition) is 2. The Balaban J connectivity index is 0.00000200. The van der Waals surface area contributed by atoms with Crippen LogP contribution in [0, 0.1) is 20.8 Å². The Hall–Kier alpha value is -1.51. The van der Waals surface area contributed by atoms with Gasteiger partial charge in [-0.05, 0) is 30.5 Å². The molecule has 1 aliphatic carbocycles. The fraction of sp³-hybridized carbons (Fsp3) is 0.444. The van der Waals surface area contributed by atoms with Crippen molar-refractivity contribution in [2.24, 2.45) is 0 Å². The summed E-state index contributed by atoms with van der Waals surface area (Å²) in [6, 6.07) is 5.52. The second-order valence-corrected chi connectivity index (χ2v) is 5.09. The van der Waals surface area contributed by atoms with Gasteiger partial charge in [0, 0.05) is 5.92 Å². The highest BCUT2D eigenvalue weighted by atomic mass is 16.5. The van der Waals surface area contributed by atoms with Crippen LogP contribution < -0.4 is 4.74 Å². The quantitative estimate of drug-likeness (QED) is 0.876. The normalized spacial score (nSPS) is 15.9. The molecule has 0 heterocycles. The number of benzene rings is 1. The molecule has 0 atom stereocenters. The molecule has 1 aliphatic rings. The molecule has 1 fully saturated rings. The molecule has 1 aromatic rings. The molecule has 0 spiro atoms. The summed E-state index contributed by atoms with van der Waals surface area (Å²) in [5.41, 5.74) is 1.33. The van der Waals surface area contributed by atoms with E-state index in [1.807, 2.05) is 6.07 Å². The first kappa shape index (κ1) is 19.5. The maximum atomic E-state index is 11.2. The minimum atomic E-state index is -0.926. The Morgan fingerprint density at radius 2 is 1.62 bits per heavy atom. The smallest absolute Gasteiger partial charge is 0.339 e. The molecule has 1 N–H and O–H groups in total. The molecular weight excluding hydrogens is 264 g/mol. The summed E-state index contributed by atoms with van der Waals surface area (Å²) >= 11 is 0. The van der Waals surface area contributed by atoms with Crippen molar-refractivity contribution in [3.8, 4) is 5.75 Å². The number of hydrogen-bond donors (Lipinski definition) is 1. The van der Waals surface area contributed by atoms with Crippen LogP contribution in [-0.4, -0.2) is 18.2 Å². The van der Waals surface area contributed by atoms with Gasteiger partial charge in [0.2, 0.25) is 0 Å². The van der Waals surface area contributed by atoms with Crippen LogP contribution in [0.5, 0.6) is 5.75 Å². The lowest BCUT2D eigenvalue weighted by Crippen LogP contribution is -2.07. The van der Waals surface area contributed by atoms with Crippen LogP contribution in [0.25, 0.3) is 0 Å². The van der Waals surface area contributed by atoms with E-state index in [0.29, 0.717) is 5.75 Å². The lowest BCUT2D eigenvalue weighted by atomic mass is 9.85. The molecule has 0 aliphatic heterocycles. The molecule has 1 saturated carbocycles. The topological polar surface area (TPSA) is 46.5 Å². The van der Waals surface area contributed by atoms with Crippen LogP contribution in [0.3, 0.4) is 0 Å². The Labute approximate surface area is 129 Å². The third kappa shape index (κ3) is 5.07. The van der Waals surface area contributed by atoms with E-state index in [4.69, 9.17) is 4.74 Å². The summed E-state index contributed by atoms with van der Waals surface area (Å²) in [5, 5.41) is 9.23. The predicted octanol–water partition coefficient (Wildman–Crippen LogP) is 4.71. The average Bonchev–Trinajstić information content (AvgIpc) is 2.37. The molecule has 0 amide bonds. The van der Waals surface area contributed by atoms with Crippen molar-refractivity contribution in [3.63, 3.8) is 0 Å². The monoisotopic (exact) mass is 289 g/mol. The Morgan fingerprint density at radius 3 is 2.14 bits per heavy atom. The Bertz CT molecular complexity index is 432. The van der Waals surface area contributed by atoms with Crippen LogP contribution in [0.4, 0.5) is 0 Å². The highest BCUT2D eigenvalue weighted by molar-refractivity contribution is 5.91. The average molecular weight is 289 g/mol. The van der Waals surface area contributed by atoms with Crippen LogP contribution >= 0.6 is 0 Å². The molecule has 3 heteroatoms. The van der Waals surface area contributed by atoms with Gasteiger partial charge in [0.25, 0.3) is 0 Å². The number of aromatic carboxylic acids is 1. The van der Waals surface area contributed by atoms with E-state index in [0.717, 1.165) is 18.4 Å². The molecule has 1 aromatic carbocycles. The van der Waals surface area contributed by atoms with Crippen LogP contribution in [-0.2, 0) is 0 Å².